The Labute approximate surface area is 118 Å². The highest BCUT2D eigenvalue weighted by Gasteiger charge is 2.32. The highest BCUT2D eigenvalue weighted by molar-refractivity contribution is 7.89. The second kappa shape index (κ2) is 6.17. The molecule has 1 fully saturated rings. The first-order chi connectivity index (χ1) is 9.05. The molecule has 0 amide bonds. The molecule has 106 valence electrons. The molecule has 1 aliphatic rings. The summed E-state index contributed by atoms with van der Waals surface area (Å²) in [6.07, 6.45) is 3.12. The van der Waals surface area contributed by atoms with E-state index in [4.69, 9.17) is 16.3 Å². The van der Waals surface area contributed by atoms with Crippen LogP contribution in [-0.2, 0) is 14.8 Å². The molecule has 0 spiro atoms. The number of hydrogen-bond donors (Lipinski definition) is 0. The van der Waals surface area contributed by atoms with Crippen LogP contribution in [0.2, 0.25) is 5.15 Å². The second-order valence-electron chi connectivity index (χ2n) is 4.37. The van der Waals surface area contributed by atoms with Crippen LogP contribution in [0.3, 0.4) is 0 Å². The monoisotopic (exact) mass is 304 g/mol. The lowest BCUT2D eigenvalue weighted by Crippen LogP contribution is -2.43. The Bertz CT molecular complexity index is 534. The van der Waals surface area contributed by atoms with Crippen molar-refractivity contribution < 1.29 is 13.2 Å². The molecule has 5 nitrogen and oxygen atoms in total. The number of pyridine rings is 1. The summed E-state index contributed by atoms with van der Waals surface area (Å²) in [5.74, 6) is 0. The molecule has 1 unspecified atom stereocenters. The van der Waals surface area contributed by atoms with Gasteiger partial charge in [0, 0.05) is 25.9 Å². The van der Waals surface area contributed by atoms with Gasteiger partial charge in [0.2, 0.25) is 10.0 Å². The average Bonchev–Trinajstić information content (AvgIpc) is 2.40. The van der Waals surface area contributed by atoms with Crippen molar-refractivity contribution in [2.45, 2.75) is 30.8 Å². The summed E-state index contributed by atoms with van der Waals surface area (Å²) in [6.45, 7) is 3.37. The molecule has 0 bridgehead atoms. The number of nitrogens with zero attached hydrogens (tertiary/aromatic N) is 2. The molecule has 0 N–H and O–H groups in total. The van der Waals surface area contributed by atoms with Crippen LogP contribution in [0.1, 0.15) is 19.8 Å². The summed E-state index contributed by atoms with van der Waals surface area (Å²) < 4.78 is 32.0. The van der Waals surface area contributed by atoms with Gasteiger partial charge in [0.1, 0.15) is 10.0 Å². The number of halogens is 1. The highest BCUT2D eigenvalue weighted by atomic mass is 35.5. The van der Waals surface area contributed by atoms with Gasteiger partial charge in [-0.1, -0.05) is 11.6 Å². The molecule has 2 heterocycles. The van der Waals surface area contributed by atoms with Crippen LogP contribution >= 0.6 is 11.6 Å². The number of piperidine rings is 1. The minimum Gasteiger partial charge on any atom is -0.377 e. The zero-order valence-electron chi connectivity index (χ0n) is 10.8. The van der Waals surface area contributed by atoms with Gasteiger partial charge in [0.05, 0.1) is 6.10 Å². The number of sulfonamides is 1. The molecule has 2 rings (SSSR count). The maximum atomic E-state index is 12.5. The average molecular weight is 305 g/mol. The van der Waals surface area contributed by atoms with Crippen molar-refractivity contribution in [3.05, 3.63) is 23.5 Å². The zero-order valence-corrected chi connectivity index (χ0v) is 12.3. The quantitative estimate of drug-likeness (QED) is 0.798. The van der Waals surface area contributed by atoms with Crippen LogP contribution in [0.15, 0.2) is 23.2 Å². The Morgan fingerprint density at radius 3 is 3.05 bits per heavy atom. The van der Waals surface area contributed by atoms with Crippen molar-refractivity contribution in [3.8, 4) is 0 Å². The molecule has 1 aromatic heterocycles. The van der Waals surface area contributed by atoms with Crippen LogP contribution in [0, 0.1) is 0 Å². The SMILES string of the molecule is CCOC1CCCN(S(=O)(=O)c2cccnc2Cl)C1. The van der Waals surface area contributed by atoms with Crippen molar-refractivity contribution in [1.82, 2.24) is 9.29 Å². The Kier molecular flexibility index (Phi) is 4.78. The maximum Gasteiger partial charge on any atom is 0.246 e. The van der Waals surface area contributed by atoms with E-state index in [-0.39, 0.29) is 16.2 Å². The van der Waals surface area contributed by atoms with Gasteiger partial charge in [0.15, 0.2) is 0 Å². The Hall–Kier alpha value is -0.690. The van der Waals surface area contributed by atoms with Gasteiger partial charge < -0.3 is 4.74 Å². The zero-order chi connectivity index (χ0) is 13.9. The fourth-order valence-electron chi connectivity index (χ4n) is 2.20. The molecule has 19 heavy (non-hydrogen) atoms. The van der Waals surface area contributed by atoms with Crippen molar-refractivity contribution in [2.24, 2.45) is 0 Å². The van der Waals surface area contributed by atoms with E-state index in [1.54, 1.807) is 6.07 Å². The third-order valence-electron chi connectivity index (χ3n) is 3.09. The molecule has 0 aromatic carbocycles. The van der Waals surface area contributed by atoms with Gasteiger partial charge >= 0.3 is 0 Å². The summed E-state index contributed by atoms with van der Waals surface area (Å²) in [6, 6.07) is 3.05. The van der Waals surface area contributed by atoms with Crippen LogP contribution in [0.25, 0.3) is 0 Å². The molecule has 1 atom stereocenters. The minimum absolute atomic E-state index is 0.0148. The number of ether oxygens (including phenoxy) is 1. The molecule has 7 heteroatoms. The Balaban J connectivity index is 2.22. The van der Waals surface area contributed by atoms with E-state index in [0.717, 1.165) is 12.8 Å². The number of hydrogen-bond acceptors (Lipinski definition) is 4. The summed E-state index contributed by atoms with van der Waals surface area (Å²) in [5, 5.41) is 0.0148. The van der Waals surface area contributed by atoms with E-state index in [2.05, 4.69) is 4.98 Å². The minimum atomic E-state index is -3.59. The summed E-state index contributed by atoms with van der Waals surface area (Å²) in [5.41, 5.74) is 0. The van der Waals surface area contributed by atoms with Gasteiger partial charge in [-0.25, -0.2) is 13.4 Å². The second-order valence-corrected chi connectivity index (χ2v) is 6.64. The van der Waals surface area contributed by atoms with E-state index in [1.165, 1.54) is 16.6 Å². The van der Waals surface area contributed by atoms with E-state index < -0.39 is 10.0 Å². The van der Waals surface area contributed by atoms with Gasteiger partial charge in [-0.15, -0.1) is 0 Å². The highest BCUT2D eigenvalue weighted by Crippen LogP contribution is 2.25. The van der Waals surface area contributed by atoms with Gasteiger partial charge in [0.25, 0.3) is 0 Å². The van der Waals surface area contributed by atoms with Gasteiger partial charge in [-0.05, 0) is 31.9 Å². The molecular formula is C12H17ClN2O3S. The van der Waals surface area contributed by atoms with E-state index in [1.807, 2.05) is 6.92 Å². The summed E-state index contributed by atoms with van der Waals surface area (Å²) in [4.78, 5) is 3.89. The molecule has 0 radical (unpaired) electrons. The van der Waals surface area contributed by atoms with Crippen LogP contribution in [0.4, 0.5) is 0 Å². The van der Waals surface area contributed by atoms with Crippen molar-refractivity contribution in [3.63, 3.8) is 0 Å². The lowest BCUT2D eigenvalue weighted by Gasteiger charge is -2.31. The van der Waals surface area contributed by atoms with Gasteiger partial charge in [-0.2, -0.15) is 4.31 Å². The summed E-state index contributed by atoms with van der Waals surface area (Å²) in [7, 11) is -3.59. The van der Waals surface area contributed by atoms with Crippen LogP contribution in [-0.4, -0.2) is 43.5 Å². The molecule has 1 aromatic rings. The molecule has 0 saturated carbocycles. The predicted octanol–water partition coefficient (Wildman–Crippen LogP) is 1.92. The first kappa shape index (κ1) is 14.7. The van der Waals surface area contributed by atoms with Crippen molar-refractivity contribution in [2.75, 3.05) is 19.7 Å². The lowest BCUT2D eigenvalue weighted by molar-refractivity contribution is 0.0265. The van der Waals surface area contributed by atoms with E-state index in [0.29, 0.717) is 19.7 Å². The third kappa shape index (κ3) is 3.25. The predicted molar refractivity (Wildman–Crippen MR) is 72.7 cm³/mol. The standard InChI is InChI=1S/C12H17ClN2O3S/c1-2-18-10-5-4-8-15(9-10)19(16,17)11-6-3-7-14-12(11)13/h3,6-7,10H,2,4-5,8-9H2,1H3. The van der Waals surface area contributed by atoms with Crippen molar-refractivity contribution in [1.29, 1.82) is 0 Å². The van der Waals surface area contributed by atoms with Gasteiger partial charge in [-0.3, -0.25) is 0 Å². The lowest BCUT2D eigenvalue weighted by atomic mass is 10.1. The maximum absolute atomic E-state index is 12.5. The smallest absolute Gasteiger partial charge is 0.246 e. The number of rotatable bonds is 4. The first-order valence-electron chi connectivity index (χ1n) is 6.28. The van der Waals surface area contributed by atoms with E-state index in [9.17, 15) is 8.42 Å². The molecule has 0 aliphatic carbocycles. The van der Waals surface area contributed by atoms with Crippen LogP contribution < -0.4 is 0 Å². The first-order valence-corrected chi connectivity index (χ1v) is 8.09. The summed E-state index contributed by atoms with van der Waals surface area (Å²) >= 11 is 5.88. The molecule has 1 saturated heterocycles. The van der Waals surface area contributed by atoms with Crippen molar-refractivity contribution >= 4 is 21.6 Å². The Morgan fingerprint density at radius 1 is 1.58 bits per heavy atom. The van der Waals surface area contributed by atoms with Crippen LogP contribution in [0.5, 0.6) is 0 Å². The molecular weight excluding hydrogens is 288 g/mol. The number of aromatic nitrogens is 1. The third-order valence-corrected chi connectivity index (χ3v) is 5.40. The fourth-order valence-corrected chi connectivity index (χ4v) is 4.14. The topological polar surface area (TPSA) is 59.5 Å². The fraction of sp³-hybridized carbons (Fsp3) is 0.583. The Morgan fingerprint density at radius 2 is 2.37 bits per heavy atom. The normalized spacial score (nSPS) is 21.5. The molecule has 1 aliphatic heterocycles. The largest absolute Gasteiger partial charge is 0.377 e. The van der Waals surface area contributed by atoms with E-state index >= 15 is 0 Å².